The minimum Gasteiger partial charge on any atom is -0.409 e. The highest BCUT2D eigenvalue weighted by atomic mass is 32.2. The Morgan fingerprint density at radius 3 is 2.67 bits per heavy atom. The molecule has 1 heterocycles. The Morgan fingerprint density at radius 2 is 1.81 bits per heavy atom. The first-order chi connectivity index (χ1) is 10.3. The van der Waals surface area contributed by atoms with E-state index in [-0.39, 0.29) is 5.84 Å². The zero-order chi connectivity index (χ0) is 14.7. The molecule has 0 radical (unpaired) electrons. The second-order valence-corrected chi connectivity index (χ2v) is 5.31. The number of fused-ring (bicyclic) bond motifs is 1. The Labute approximate surface area is 125 Å². The minimum absolute atomic E-state index is 0.0801. The smallest absolute Gasteiger partial charge is 0.171 e. The third-order valence-electron chi connectivity index (χ3n) is 2.98. The molecular weight excluding hydrogens is 284 g/mol. The largest absolute Gasteiger partial charge is 0.409 e. The van der Waals surface area contributed by atoms with Gasteiger partial charge in [0.05, 0.1) is 5.52 Å². The standard InChI is InChI=1S/C15H12N4OS/c16-14(19-20)11-6-2-4-8-13(11)21-15-10-5-1-3-7-12(10)17-9-18-15/h1-9,20H,(H2,16,19). The molecule has 0 atom stereocenters. The van der Waals surface area contributed by atoms with Crippen LogP contribution in [0.3, 0.4) is 0 Å². The quantitative estimate of drug-likeness (QED) is 0.255. The molecule has 0 amide bonds. The number of para-hydroxylation sites is 1. The molecule has 0 fully saturated rings. The van der Waals surface area contributed by atoms with Crippen LogP contribution in [0.5, 0.6) is 0 Å². The highest BCUT2D eigenvalue weighted by Crippen LogP contribution is 2.32. The van der Waals surface area contributed by atoms with Gasteiger partial charge in [0.1, 0.15) is 11.4 Å². The van der Waals surface area contributed by atoms with Gasteiger partial charge in [-0.05, 0) is 12.1 Å². The Morgan fingerprint density at radius 1 is 1.05 bits per heavy atom. The van der Waals surface area contributed by atoms with E-state index in [9.17, 15) is 0 Å². The molecule has 0 spiro atoms. The molecule has 3 aromatic rings. The summed E-state index contributed by atoms with van der Waals surface area (Å²) in [5.41, 5.74) is 7.27. The average Bonchev–Trinajstić information content (AvgIpc) is 2.55. The maximum atomic E-state index is 8.88. The van der Waals surface area contributed by atoms with E-state index >= 15 is 0 Å². The minimum atomic E-state index is 0.0801. The van der Waals surface area contributed by atoms with Crippen molar-refractivity contribution in [3.63, 3.8) is 0 Å². The van der Waals surface area contributed by atoms with E-state index in [1.807, 2.05) is 42.5 Å². The van der Waals surface area contributed by atoms with E-state index < -0.39 is 0 Å². The van der Waals surface area contributed by atoms with E-state index in [2.05, 4.69) is 15.1 Å². The molecule has 2 aromatic carbocycles. The lowest BCUT2D eigenvalue weighted by Crippen LogP contribution is -2.14. The summed E-state index contributed by atoms with van der Waals surface area (Å²) in [6.07, 6.45) is 1.54. The Kier molecular flexibility index (Phi) is 3.70. The summed E-state index contributed by atoms with van der Waals surface area (Å²) >= 11 is 1.46. The molecule has 3 N–H and O–H groups in total. The first-order valence-electron chi connectivity index (χ1n) is 6.24. The predicted octanol–water partition coefficient (Wildman–Crippen LogP) is 2.88. The summed E-state index contributed by atoms with van der Waals surface area (Å²) in [6.45, 7) is 0. The highest BCUT2D eigenvalue weighted by Gasteiger charge is 2.11. The number of amidine groups is 1. The van der Waals surface area contributed by atoms with Crippen molar-refractivity contribution < 1.29 is 5.21 Å². The van der Waals surface area contributed by atoms with Crippen LogP contribution in [-0.2, 0) is 0 Å². The maximum Gasteiger partial charge on any atom is 0.171 e. The second-order valence-electron chi connectivity index (χ2n) is 4.28. The van der Waals surface area contributed by atoms with Crippen LogP contribution in [0.1, 0.15) is 5.56 Å². The lowest BCUT2D eigenvalue weighted by atomic mass is 10.2. The van der Waals surface area contributed by atoms with Crippen LogP contribution in [-0.4, -0.2) is 21.0 Å². The topological polar surface area (TPSA) is 84.4 Å². The van der Waals surface area contributed by atoms with Gasteiger partial charge in [-0.1, -0.05) is 53.3 Å². The van der Waals surface area contributed by atoms with Gasteiger partial charge in [-0.25, -0.2) is 9.97 Å². The maximum absolute atomic E-state index is 8.88. The Hall–Kier alpha value is -2.60. The zero-order valence-corrected chi connectivity index (χ0v) is 11.8. The van der Waals surface area contributed by atoms with Crippen LogP contribution in [0, 0.1) is 0 Å². The summed E-state index contributed by atoms with van der Waals surface area (Å²) in [5.74, 6) is 0.0801. The van der Waals surface area contributed by atoms with Crippen molar-refractivity contribution in [2.75, 3.05) is 0 Å². The van der Waals surface area contributed by atoms with Gasteiger partial charge in [0.15, 0.2) is 5.84 Å². The summed E-state index contributed by atoms with van der Waals surface area (Å²) in [7, 11) is 0. The molecule has 0 aliphatic carbocycles. The third kappa shape index (κ3) is 2.66. The molecule has 0 unspecified atom stereocenters. The number of hydrogen-bond donors (Lipinski definition) is 2. The van der Waals surface area contributed by atoms with Crippen molar-refractivity contribution in [2.45, 2.75) is 9.92 Å². The van der Waals surface area contributed by atoms with Gasteiger partial charge in [-0.3, -0.25) is 0 Å². The molecule has 6 heteroatoms. The van der Waals surface area contributed by atoms with Gasteiger partial charge in [-0.15, -0.1) is 0 Å². The molecule has 0 saturated heterocycles. The van der Waals surface area contributed by atoms with Crippen LogP contribution in [0.25, 0.3) is 10.9 Å². The van der Waals surface area contributed by atoms with Crippen LogP contribution < -0.4 is 5.73 Å². The highest BCUT2D eigenvalue weighted by molar-refractivity contribution is 7.99. The number of nitrogens with zero attached hydrogens (tertiary/aromatic N) is 3. The Balaban J connectivity index is 2.08. The summed E-state index contributed by atoms with van der Waals surface area (Å²) < 4.78 is 0. The SMILES string of the molecule is N/C(=N\O)c1ccccc1Sc1ncnc2ccccc12. The van der Waals surface area contributed by atoms with Crippen molar-refractivity contribution in [1.29, 1.82) is 0 Å². The van der Waals surface area contributed by atoms with Gasteiger partial charge in [0.2, 0.25) is 0 Å². The molecule has 104 valence electrons. The van der Waals surface area contributed by atoms with Gasteiger partial charge in [0.25, 0.3) is 0 Å². The fraction of sp³-hybridized carbons (Fsp3) is 0. The predicted molar refractivity (Wildman–Crippen MR) is 82.6 cm³/mol. The molecule has 0 aliphatic heterocycles. The normalized spacial score (nSPS) is 11.7. The Bertz CT molecular complexity index is 814. The first-order valence-corrected chi connectivity index (χ1v) is 7.06. The summed E-state index contributed by atoms with van der Waals surface area (Å²) in [4.78, 5) is 9.45. The zero-order valence-electron chi connectivity index (χ0n) is 11.0. The monoisotopic (exact) mass is 296 g/mol. The van der Waals surface area contributed by atoms with Crippen LogP contribution in [0.4, 0.5) is 0 Å². The van der Waals surface area contributed by atoms with E-state index in [0.717, 1.165) is 20.8 Å². The molecule has 3 rings (SSSR count). The van der Waals surface area contributed by atoms with E-state index in [4.69, 9.17) is 10.9 Å². The van der Waals surface area contributed by atoms with E-state index in [0.29, 0.717) is 5.56 Å². The summed E-state index contributed by atoms with van der Waals surface area (Å²) in [5, 5.41) is 13.8. The number of oxime groups is 1. The van der Waals surface area contributed by atoms with Crippen LogP contribution in [0.2, 0.25) is 0 Å². The number of hydrogen-bond acceptors (Lipinski definition) is 5. The van der Waals surface area contributed by atoms with E-state index in [1.54, 1.807) is 6.07 Å². The van der Waals surface area contributed by atoms with Crippen molar-refractivity contribution in [3.8, 4) is 0 Å². The van der Waals surface area contributed by atoms with Gasteiger partial charge in [0, 0.05) is 15.8 Å². The lowest BCUT2D eigenvalue weighted by Gasteiger charge is -2.08. The molecule has 5 nitrogen and oxygen atoms in total. The number of benzene rings is 2. The second kappa shape index (κ2) is 5.80. The van der Waals surface area contributed by atoms with Crippen molar-refractivity contribution >= 4 is 28.5 Å². The molecule has 0 saturated carbocycles. The molecule has 0 aliphatic rings. The average molecular weight is 296 g/mol. The molecule has 1 aromatic heterocycles. The number of rotatable bonds is 3. The lowest BCUT2D eigenvalue weighted by molar-refractivity contribution is 0.318. The van der Waals surface area contributed by atoms with Crippen molar-refractivity contribution in [2.24, 2.45) is 10.9 Å². The van der Waals surface area contributed by atoms with Crippen molar-refractivity contribution in [1.82, 2.24) is 9.97 Å². The first kappa shape index (κ1) is 13.4. The number of nitrogens with two attached hydrogens (primary N) is 1. The van der Waals surface area contributed by atoms with Gasteiger partial charge >= 0.3 is 0 Å². The fourth-order valence-electron chi connectivity index (χ4n) is 1.99. The molecule has 0 bridgehead atoms. The summed E-state index contributed by atoms with van der Waals surface area (Å²) in [6, 6.07) is 15.3. The van der Waals surface area contributed by atoms with E-state index in [1.165, 1.54) is 18.1 Å². The number of aromatic nitrogens is 2. The third-order valence-corrected chi connectivity index (χ3v) is 4.08. The fourth-order valence-corrected chi connectivity index (χ4v) is 3.01. The van der Waals surface area contributed by atoms with Crippen LogP contribution >= 0.6 is 11.8 Å². The molecular formula is C15H12N4OS. The van der Waals surface area contributed by atoms with Gasteiger partial charge < -0.3 is 10.9 Å². The van der Waals surface area contributed by atoms with Gasteiger partial charge in [-0.2, -0.15) is 0 Å². The van der Waals surface area contributed by atoms with Crippen molar-refractivity contribution in [3.05, 3.63) is 60.4 Å². The van der Waals surface area contributed by atoms with Crippen LogP contribution in [0.15, 0.2) is 69.9 Å². The molecule has 21 heavy (non-hydrogen) atoms.